The van der Waals surface area contributed by atoms with Crippen molar-refractivity contribution in [1.29, 1.82) is 0 Å². The van der Waals surface area contributed by atoms with Crippen molar-refractivity contribution in [2.45, 2.75) is 26.8 Å². The van der Waals surface area contributed by atoms with E-state index in [0.29, 0.717) is 5.56 Å². The number of nitrogens with one attached hydrogen (secondary N) is 1. The second kappa shape index (κ2) is 4.77. The summed E-state index contributed by atoms with van der Waals surface area (Å²) in [5.41, 5.74) is 3.03. The zero-order chi connectivity index (χ0) is 12.5. The Morgan fingerprint density at radius 3 is 2.31 bits per heavy atom. The number of rotatable bonds is 2. The molecule has 0 spiro atoms. The van der Waals surface area contributed by atoms with Gasteiger partial charge in [-0.05, 0) is 33.0 Å². The second-order valence-electron chi connectivity index (χ2n) is 4.73. The zero-order valence-electron chi connectivity index (χ0n) is 9.44. The Morgan fingerprint density at radius 2 is 1.88 bits per heavy atom. The molecular weight excluding hydrogens is 278 g/mol. The molecule has 5 heteroatoms. The van der Waals surface area contributed by atoms with E-state index in [9.17, 15) is 8.78 Å². The van der Waals surface area contributed by atoms with E-state index in [1.807, 2.05) is 20.8 Å². The van der Waals surface area contributed by atoms with Gasteiger partial charge >= 0.3 is 0 Å². The van der Waals surface area contributed by atoms with Crippen LogP contribution in [0.1, 0.15) is 32.4 Å². The first-order chi connectivity index (χ1) is 7.29. The molecule has 0 fully saturated rings. The Balaban J connectivity index is 3.27. The van der Waals surface area contributed by atoms with Crippen molar-refractivity contribution in [1.82, 2.24) is 5.43 Å². The maximum Gasteiger partial charge on any atom is 0.173 e. The molecule has 2 nitrogen and oxygen atoms in total. The van der Waals surface area contributed by atoms with E-state index in [1.54, 1.807) is 0 Å². The molecule has 1 unspecified atom stereocenters. The quantitative estimate of drug-likeness (QED) is 0.499. The topological polar surface area (TPSA) is 38.0 Å². The van der Waals surface area contributed by atoms with Crippen LogP contribution in [-0.2, 0) is 0 Å². The van der Waals surface area contributed by atoms with E-state index in [-0.39, 0.29) is 15.9 Å². The van der Waals surface area contributed by atoms with E-state index in [4.69, 9.17) is 5.84 Å². The predicted molar refractivity (Wildman–Crippen MR) is 63.6 cm³/mol. The molecule has 90 valence electrons. The highest BCUT2D eigenvalue weighted by atomic mass is 79.9. The Kier molecular flexibility index (Phi) is 4.04. The van der Waals surface area contributed by atoms with Crippen LogP contribution in [0.3, 0.4) is 0 Å². The average molecular weight is 293 g/mol. The summed E-state index contributed by atoms with van der Waals surface area (Å²) >= 11 is 3.05. The number of hydrazine groups is 1. The van der Waals surface area contributed by atoms with Gasteiger partial charge in [0.15, 0.2) is 11.6 Å². The molecule has 3 N–H and O–H groups in total. The predicted octanol–water partition coefficient (Wildman–Crippen LogP) is 3.28. The standard InChI is InChI=1S/C11H15BrF2N2/c1-11(2,3)10(16-15)6-4-5-7(13)9(14)8(6)12/h4-5,10,16H,15H2,1-3H3. The van der Waals surface area contributed by atoms with Crippen molar-refractivity contribution in [3.8, 4) is 0 Å². The molecule has 0 aromatic heterocycles. The van der Waals surface area contributed by atoms with Crippen LogP contribution >= 0.6 is 15.9 Å². The third-order valence-electron chi connectivity index (χ3n) is 2.41. The molecule has 1 aromatic rings. The number of nitrogens with two attached hydrogens (primary N) is 1. The van der Waals surface area contributed by atoms with Gasteiger partial charge < -0.3 is 0 Å². The summed E-state index contributed by atoms with van der Waals surface area (Å²) < 4.78 is 26.5. The monoisotopic (exact) mass is 292 g/mol. The number of benzene rings is 1. The third kappa shape index (κ3) is 2.59. The molecule has 0 saturated heterocycles. The van der Waals surface area contributed by atoms with Gasteiger partial charge in [-0.25, -0.2) is 8.78 Å². The molecule has 1 atom stereocenters. The minimum atomic E-state index is -0.887. The molecule has 0 saturated carbocycles. The first-order valence-electron chi connectivity index (χ1n) is 4.88. The SMILES string of the molecule is CC(C)(C)C(NN)c1ccc(F)c(F)c1Br. The largest absolute Gasteiger partial charge is 0.271 e. The molecular formula is C11H15BrF2N2. The second-order valence-corrected chi connectivity index (χ2v) is 5.52. The lowest BCUT2D eigenvalue weighted by molar-refractivity contribution is 0.273. The summed E-state index contributed by atoms with van der Waals surface area (Å²) in [6.45, 7) is 5.89. The number of hydrogen-bond acceptors (Lipinski definition) is 2. The number of hydrogen-bond donors (Lipinski definition) is 2. The highest BCUT2D eigenvalue weighted by Crippen LogP contribution is 2.37. The van der Waals surface area contributed by atoms with E-state index >= 15 is 0 Å². The van der Waals surface area contributed by atoms with Gasteiger partial charge in [0, 0.05) is 0 Å². The van der Waals surface area contributed by atoms with Crippen LogP contribution in [0.25, 0.3) is 0 Å². The van der Waals surface area contributed by atoms with Crippen molar-refractivity contribution >= 4 is 15.9 Å². The van der Waals surface area contributed by atoms with Crippen molar-refractivity contribution in [3.05, 3.63) is 33.8 Å². The van der Waals surface area contributed by atoms with Crippen LogP contribution in [0, 0.1) is 17.0 Å². The minimum absolute atomic E-state index is 0.116. The normalized spacial score (nSPS) is 13.9. The van der Waals surface area contributed by atoms with Crippen molar-refractivity contribution in [2.75, 3.05) is 0 Å². The summed E-state index contributed by atoms with van der Waals surface area (Å²) in [4.78, 5) is 0. The molecule has 0 aliphatic carbocycles. The first kappa shape index (κ1) is 13.5. The molecule has 0 bridgehead atoms. The molecule has 16 heavy (non-hydrogen) atoms. The summed E-state index contributed by atoms with van der Waals surface area (Å²) in [6, 6.07) is 2.36. The van der Waals surface area contributed by atoms with Gasteiger partial charge in [0.05, 0.1) is 10.5 Å². The van der Waals surface area contributed by atoms with Crippen LogP contribution in [0.15, 0.2) is 16.6 Å². The summed E-state index contributed by atoms with van der Waals surface area (Å²) in [7, 11) is 0. The lowest BCUT2D eigenvalue weighted by Crippen LogP contribution is -2.37. The van der Waals surface area contributed by atoms with E-state index < -0.39 is 11.6 Å². The van der Waals surface area contributed by atoms with Crippen molar-refractivity contribution in [3.63, 3.8) is 0 Å². The van der Waals surface area contributed by atoms with Crippen LogP contribution < -0.4 is 11.3 Å². The fourth-order valence-corrected chi connectivity index (χ4v) is 2.12. The average Bonchev–Trinajstić information content (AvgIpc) is 2.17. The van der Waals surface area contributed by atoms with Gasteiger partial charge in [-0.2, -0.15) is 0 Å². The Hall–Kier alpha value is -0.520. The fraction of sp³-hybridized carbons (Fsp3) is 0.455. The first-order valence-corrected chi connectivity index (χ1v) is 5.68. The summed E-state index contributed by atoms with van der Waals surface area (Å²) in [5, 5.41) is 0. The molecule has 0 radical (unpaired) electrons. The maximum absolute atomic E-state index is 13.4. The van der Waals surface area contributed by atoms with Gasteiger partial charge in [0.2, 0.25) is 0 Å². The third-order valence-corrected chi connectivity index (χ3v) is 3.21. The molecule has 0 aliphatic rings. The van der Waals surface area contributed by atoms with Gasteiger partial charge in [0.25, 0.3) is 0 Å². The summed E-state index contributed by atoms with van der Waals surface area (Å²) in [5.74, 6) is 3.70. The maximum atomic E-state index is 13.4. The van der Waals surface area contributed by atoms with Crippen molar-refractivity contribution in [2.24, 2.45) is 11.3 Å². The van der Waals surface area contributed by atoms with Gasteiger partial charge in [-0.15, -0.1) is 0 Å². The Bertz CT molecular complexity index is 388. The molecule has 0 aliphatic heterocycles. The van der Waals surface area contributed by atoms with Crippen molar-refractivity contribution < 1.29 is 8.78 Å². The highest BCUT2D eigenvalue weighted by Gasteiger charge is 2.28. The fourth-order valence-electron chi connectivity index (χ4n) is 1.57. The highest BCUT2D eigenvalue weighted by molar-refractivity contribution is 9.10. The molecule has 0 amide bonds. The van der Waals surface area contributed by atoms with Crippen LogP contribution in [-0.4, -0.2) is 0 Å². The van der Waals surface area contributed by atoms with Gasteiger partial charge in [-0.1, -0.05) is 26.8 Å². The van der Waals surface area contributed by atoms with E-state index in [2.05, 4.69) is 21.4 Å². The lowest BCUT2D eigenvalue weighted by atomic mass is 9.83. The Morgan fingerprint density at radius 1 is 1.31 bits per heavy atom. The zero-order valence-corrected chi connectivity index (χ0v) is 11.0. The van der Waals surface area contributed by atoms with Crippen LogP contribution in [0.2, 0.25) is 0 Å². The van der Waals surface area contributed by atoms with Crippen LogP contribution in [0.5, 0.6) is 0 Å². The molecule has 1 aromatic carbocycles. The number of halogens is 3. The van der Waals surface area contributed by atoms with Crippen LogP contribution in [0.4, 0.5) is 8.78 Å². The van der Waals surface area contributed by atoms with E-state index in [0.717, 1.165) is 6.07 Å². The molecule has 1 rings (SSSR count). The van der Waals surface area contributed by atoms with E-state index in [1.165, 1.54) is 6.07 Å². The van der Waals surface area contributed by atoms with Gasteiger partial charge in [-0.3, -0.25) is 11.3 Å². The summed E-state index contributed by atoms with van der Waals surface area (Å²) in [6.07, 6.45) is 0. The smallest absolute Gasteiger partial charge is 0.173 e. The molecule has 0 heterocycles. The van der Waals surface area contributed by atoms with Gasteiger partial charge in [0.1, 0.15) is 0 Å². The minimum Gasteiger partial charge on any atom is -0.271 e. The lowest BCUT2D eigenvalue weighted by Gasteiger charge is -2.31. The Labute approximate surface area is 102 Å².